The highest BCUT2D eigenvalue weighted by Crippen LogP contribution is 2.11. The summed E-state index contributed by atoms with van der Waals surface area (Å²) in [5.41, 5.74) is 2.97. The van der Waals surface area contributed by atoms with Crippen LogP contribution in [-0.4, -0.2) is 25.0 Å². The maximum atomic E-state index is 12.1. The average Bonchev–Trinajstić information content (AvgIpc) is 2.33. The topological polar surface area (TPSA) is 41.1 Å². The van der Waals surface area contributed by atoms with Gasteiger partial charge >= 0.3 is 0 Å². The quantitative estimate of drug-likeness (QED) is 0.816. The van der Waals surface area contributed by atoms with Crippen molar-refractivity contribution >= 4 is 5.91 Å². The molecule has 0 saturated carbocycles. The molecule has 1 aliphatic heterocycles. The number of rotatable bonds is 2. The van der Waals surface area contributed by atoms with E-state index in [1.54, 1.807) is 0 Å². The van der Waals surface area contributed by atoms with Crippen LogP contribution in [0.5, 0.6) is 0 Å². The molecule has 0 aromatic heterocycles. The Morgan fingerprint density at radius 3 is 2.94 bits per heavy atom. The summed E-state index contributed by atoms with van der Waals surface area (Å²) in [5.74, 6) is 0.0555. The molecule has 1 atom stereocenters. The molecule has 2 N–H and O–H groups in total. The number of hydrogen-bond acceptors (Lipinski definition) is 2. The maximum Gasteiger partial charge on any atom is 0.251 e. The van der Waals surface area contributed by atoms with Crippen LogP contribution in [-0.2, 0) is 0 Å². The fourth-order valence-corrected chi connectivity index (χ4v) is 2.22. The number of aryl methyl sites for hydroxylation is 2. The van der Waals surface area contributed by atoms with E-state index in [9.17, 15) is 4.79 Å². The Bertz CT molecular complexity index is 409. The second-order valence-electron chi connectivity index (χ2n) is 4.84. The Balaban J connectivity index is 2.05. The van der Waals surface area contributed by atoms with Crippen LogP contribution in [0, 0.1) is 13.8 Å². The first-order valence-electron chi connectivity index (χ1n) is 6.25. The molecule has 1 heterocycles. The van der Waals surface area contributed by atoms with Crippen LogP contribution < -0.4 is 10.6 Å². The van der Waals surface area contributed by atoms with Gasteiger partial charge in [-0.3, -0.25) is 4.79 Å². The minimum absolute atomic E-state index is 0.0555. The molecular formula is C14H20N2O. The zero-order valence-corrected chi connectivity index (χ0v) is 10.5. The number of benzene rings is 1. The van der Waals surface area contributed by atoms with E-state index >= 15 is 0 Å². The molecule has 0 radical (unpaired) electrons. The van der Waals surface area contributed by atoms with Crippen LogP contribution in [0.4, 0.5) is 0 Å². The predicted molar refractivity (Wildman–Crippen MR) is 69.3 cm³/mol. The Hall–Kier alpha value is -1.35. The molecule has 3 heteroatoms. The lowest BCUT2D eigenvalue weighted by Crippen LogP contribution is -2.45. The van der Waals surface area contributed by atoms with Crippen molar-refractivity contribution in [2.45, 2.75) is 32.7 Å². The van der Waals surface area contributed by atoms with Gasteiger partial charge in [0.15, 0.2) is 0 Å². The van der Waals surface area contributed by atoms with Crippen molar-refractivity contribution in [3.63, 3.8) is 0 Å². The summed E-state index contributed by atoms with van der Waals surface area (Å²) in [6.07, 6.45) is 2.21. The van der Waals surface area contributed by atoms with Gasteiger partial charge in [-0.2, -0.15) is 0 Å². The first-order valence-corrected chi connectivity index (χ1v) is 6.25. The second kappa shape index (κ2) is 5.32. The van der Waals surface area contributed by atoms with Crippen LogP contribution >= 0.6 is 0 Å². The summed E-state index contributed by atoms with van der Waals surface area (Å²) >= 11 is 0. The summed E-state index contributed by atoms with van der Waals surface area (Å²) in [4.78, 5) is 12.1. The monoisotopic (exact) mass is 232 g/mol. The van der Waals surface area contributed by atoms with Gasteiger partial charge in [-0.05, 0) is 44.9 Å². The molecule has 0 bridgehead atoms. The Morgan fingerprint density at radius 1 is 1.41 bits per heavy atom. The number of amides is 1. The van der Waals surface area contributed by atoms with E-state index in [1.165, 1.54) is 0 Å². The highest BCUT2D eigenvalue weighted by Gasteiger charge is 2.17. The van der Waals surface area contributed by atoms with E-state index in [1.807, 2.05) is 32.0 Å². The molecule has 1 aromatic rings. The highest BCUT2D eigenvalue weighted by atomic mass is 16.1. The Morgan fingerprint density at radius 2 is 2.24 bits per heavy atom. The smallest absolute Gasteiger partial charge is 0.251 e. The van der Waals surface area contributed by atoms with Gasteiger partial charge in [-0.25, -0.2) is 0 Å². The lowest BCUT2D eigenvalue weighted by atomic mass is 10.0. The van der Waals surface area contributed by atoms with Gasteiger partial charge in [-0.1, -0.05) is 17.7 Å². The molecule has 1 saturated heterocycles. The average molecular weight is 232 g/mol. The standard InChI is InChI=1S/C14H20N2O/c1-10-5-6-11(2)13(8-10)14(17)16-12-4-3-7-15-9-12/h5-6,8,12,15H,3-4,7,9H2,1-2H3,(H,16,17)/t12-/m0/s1. The van der Waals surface area contributed by atoms with Crippen molar-refractivity contribution in [2.24, 2.45) is 0 Å². The number of carbonyl (C=O) groups excluding carboxylic acids is 1. The number of piperidine rings is 1. The summed E-state index contributed by atoms with van der Waals surface area (Å²) < 4.78 is 0. The second-order valence-corrected chi connectivity index (χ2v) is 4.84. The van der Waals surface area contributed by atoms with Crippen molar-refractivity contribution in [1.29, 1.82) is 0 Å². The van der Waals surface area contributed by atoms with Crippen molar-refractivity contribution in [3.05, 3.63) is 34.9 Å². The van der Waals surface area contributed by atoms with Crippen LogP contribution in [0.3, 0.4) is 0 Å². The van der Waals surface area contributed by atoms with Crippen LogP contribution in [0.2, 0.25) is 0 Å². The SMILES string of the molecule is Cc1ccc(C)c(C(=O)N[C@H]2CCCNC2)c1. The zero-order chi connectivity index (χ0) is 12.3. The van der Waals surface area contributed by atoms with Gasteiger partial charge in [0.05, 0.1) is 0 Å². The number of carbonyl (C=O) groups is 1. The van der Waals surface area contributed by atoms with Gasteiger partial charge in [0, 0.05) is 18.2 Å². The normalized spacial score (nSPS) is 20.0. The van der Waals surface area contributed by atoms with E-state index in [-0.39, 0.29) is 11.9 Å². The van der Waals surface area contributed by atoms with Crippen molar-refractivity contribution in [3.8, 4) is 0 Å². The summed E-state index contributed by atoms with van der Waals surface area (Å²) in [6, 6.07) is 6.27. The summed E-state index contributed by atoms with van der Waals surface area (Å²) in [7, 11) is 0. The fraction of sp³-hybridized carbons (Fsp3) is 0.500. The minimum Gasteiger partial charge on any atom is -0.348 e. The molecule has 0 aliphatic carbocycles. The van der Waals surface area contributed by atoms with E-state index in [0.29, 0.717) is 0 Å². The molecule has 1 aliphatic rings. The van der Waals surface area contributed by atoms with Crippen molar-refractivity contribution < 1.29 is 4.79 Å². The third kappa shape index (κ3) is 3.07. The zero-order valence-electron chi connectivity index (χ0n) is 10.5. The molecular weight excluding hydrogens is 212 g/mol. The molecule has 1 fully saturated rings. The summed E-state index contributed by atoms with van der Waals surface area (Å²) in [5, 5.41) is 6.40. The lowest BCUT2D eigenvalue weighted by Gasteiger charge is -2.24. The van der Waals surface area contributed by atoms with Gasteiger partial charge < -0.3 is 10.6 Å². The predicted octanol–water partition coefficient (Wildman–Crippen LogP) is 1.79. The largest absolute Gasteiger partial charge is 0.348 e. The first kappa shape index (κ1) is 12.1. The fourth-order valence-electron chi connectivity index (χ4n) is 2.22. The molecule has 0 spiro atoms. The van der Waals surface area contributed by atoms with Crippen LogP contribution in [0.15, 0.2) is 18.2 Å². The highest BCUT2D eigenvalue weighted by molar-refractivity contribution is 5.96. The number of nitrogens with one attached hydrogen (secondary N) is 2. The van der Waals surface area contributed by atoms with Gasteiger partial charge in [0.2, 0.25) is 0 Å². The van der Waals surface area contributed by atoms with Crippen LogP contribution in [0.1, 0.15) is 34.3 Å². The number of hydrogen-bond donors (Lipinski definition) is 2. The van der Waals surface area contributed by atoms with E-state index in [2.05, 4.69) is 10.6 Å². The Kier molecular flexibility index (Phi) is 3.79. The van der Waals surface area contributed by atoms with E-state index in [4.69, 9.17) is 0 Å². The van der Waals surface area contributed by atoms with E-state index in [0.717, 1.165) is 42.6 Å². The van der Waals surface area contributed by atoms with E-state index < -0.39 is 0 Å². The molecule has 0 unspecified atom stereocenters. The maximum absolute atomic E-state index is 12.1. The van der Waals surface area contributed by atoms with Gasteiger partial charge in [0.1, 0.15) is 0 Å². The van der Waals surface area contributed by atoms with Gasteiger partial charge in [0.25, 0.3) is 5.91 Å². The van der Waals surface area contributed by atoms with Crippen molar-refractivity contribution in [2.75, 3.05) is 13.1 Å². The lowest BCUT2D eigenvalue weighted by molar-refractivity contribution is 0.0930. The molecule has 92 valence electrons. The molecule has 1 aromatic carbocycles. The minimum atomic E-state index is 0.0555. The molecule has 2 rings (SSSR count). The summed E-state index contributed by atoms with van der Waals surface area (Å²) in [6.45, 7) is 5.94. The van der Waals surface area contributed by atoms with Crippen LogP contribution in [0.25, 0.3) is 0 Å². The van der Waals surface area contributed by atoms with Gasteiger partial charge in [-0.15, -0.1) is 0 Å². The third-order valence-electron chi connectivity index (χ3n) is 3.27. The van der Waals surface area contributed by atoms with Crippen molar-refractivity contribution in [1.82, 2.24) is 10.6 Å². The third-order valence-corrected chi connectivity index (χ3v) is 3.27. The molecule has 1 amide bonds. The first-order chi connectivity index (χ1) is 8.16. The molecule has 17 heavy (non-hydrogen) atoms. The Labute approximate surface area is 103 Å². The molecule has 3 nitrogen and oxygen atoms in total.